The van der Waals surface area contributed by atoms with E-state index in [1.54, 1.807) is 0 Å². The number of hydrogen-bond donors (Lipinski definition) is 5. The van der Waals surface area contributed by atoms with E-state index >= 15 is 0 Å². The quantitative estimate of drug-likeness (QED) is 0.505. The van der Waals surface area contributed by atoms with Gasteiger partial charge in [0.05, 0.1) is 6.54 Å². The molecule has 0 atom stereocenters. The van der Waals surface area contributed by atoms with Crippen LogP contribution in [-0.2, 0) is 4.79 Å². The minimum Gasteiger partial charge on any atom is -0.376 e. The van der Waals surface area contributed by atoms with E-state index in [9.17, 15) is 4.79 Å². The molecule has 0 unspecified atom stereocenters. The summed E-state index contributed by atoms with van der Waals surface area (Å²) in [5, 5.41) is 8.88. The van der Waals surface area contributed by atoms with Gasteiger partial charge in [0.15, 0.2) is 0 Å². The van der Waals surface area contributed by atoms with Crippen molar-refractivity contribution in [2.75, 3.05) is 35.2 Å². The highest BCUT2D eigenvalue weighted by Crippen LogP contribution is 2.17. The molecule has 128 valence electrons. The molecule has 9 heteroatoms. The lowest BCUT2D eigenvalue weighted by atomic mass is 10.2. The molecular formula is C15H22N8O. The Morgan fingerprint density at radius 2 is 1.62 bits per heavy atom. The minimum absolute atomic E-state index is 0.0398. The maximum atomic E-state index is 11.7. The zero-order valence-electron chi connectivity index (χ0n) is 13.7. The van der Waals surface area contributed by atoms with Crippen LogP contribution in [0.3, 0.4) is 0 Å². The van der Waals surface area contributed by atoms with E-state index in [0.29, 0.717) is 12.5 Å². The Hall–Kier alpha value is -3.10. The molecule has 0 saturated heterocycles. The second kappa shape index (κ2) is 7.95. The summed E-state index contributed by atoms with van der Waals surface area (Å²) in [5.74, 6) is 0.764. The van der Waals surface area contributed by atoms with Gasteiger partial charge in [-0.2, -0.15) is 15.0 Å². The fraction of sp³-hybridized carbons (Fsp3) is 0.333. The van der Waals surface area contributed by atoms with Crippen LogP contribution in [0.1, 0.15) is 13.8 Å². The van der Waals surface area contributed by atoms with E-state index in [-0.39, 0.29) is 30.3 Å². The van der Waals surface area contributed by atoms with Crippen LogP contribution >= 0.6 is 0 Å². The van der Waals surface area contributed by atoms with Crippen molar-refractivity contribution < 1.29 is 4.79 Å². The maximum Gasteiger partial charge on any atom is 0.239 e. The van der Waals surface area contributed by atoms with Crippen LogP contribution in [0.4, 0.5) is 29.2 Å². The molecular weight excluding hydrogens is 308 g/mol. The van der Waals surface area contributed by atoms with Gasteiger partial charge in [0.25, 0.3) is 0 Å². The van der Waals surface area contributed by atoms with Gasteiger partial charge in [0.2, 0.25) is 23.8 Å². The van der Waals surface area contributed by atoms with Gasteiger partial charge in [-0.05, 0) is 30.2 Å². The highest BCUT2D eigenvalue weighted by molar-refractivity contribution is 5.80. The first-order valence-corrected chi connectivity index (χ1v) is 7.57. The number of nitrogen functional groups attached to an aromatic ring is 2. The van der Waals surface area contributed by atoms with Crippen molar-refractivity contribution >= 4 is 35.1 Å². The fourth-order valence-corrected chi connectivity index (χ4v) is 1.83. The van der Waals surface area contributed by atoms with Gasteiger partial charge < -0.3 is 27.4 Å². The number of anilines is 5. The number of rotatable bonds is 7. The molecule has 0 aliphatic heterocycles. The van der Waals surface area contributed by atoms with Gasteiger partial charge in [-0.15, -0.1) is 0 Å². The molecule has 0 radical (unpaired) electrons. The van der Waals surface area contributed by atoms with Gasteiger partial charge in [-0.3, -0.25) is 4.79 Å². The summed E-state index contributed by atoms with van der Waals surface area (Å²) in [7, 11) is 0. The molecule has 24 heavy (non-hydrogen) atoms. The van der Waals surface area contributed by atoms with Gasteiger partial charge in [-0.1, -0.05) is 13.8 Å². The van der Waals surface area contributed by atoms with Crippen molar-refractivity contribution in [1.82, 2.24) is 20.3 Å². The first kappa shape index (κ1) is 17.3. The Morgan fingerprint density at radius 3 is 2.21 bits per heavy atom. The number of nitrogens with zero attached hydrogens (tertiary/aromatic N) is 3. The summed E-state index contributed by atoms with van der Waals surface area (Å²) < 4.78 is 0. The van der Waals surface area contributed by atoms with Crippen molar-refractivity contribution in [2.24, 2.45) is 5.92 Å². The highest BCUT2D eigenvalue weighted by Gasteiger charge is 2.04. The Bertz CT molecular complexity index is 666. The zero-order valence-corrected chi connectivity index (χ0v) is 13.7. The lowest BCUT2D eigenvalue weighted by Gasteiger charge is -2.10. The minimum atomic E-state index is -0.0398. The van der Waals surface area contributed by atoms with Crippen LogP contribution in [0.2, 0.25) is 0 Å². The highest BCUT2D eigenvalue weighted by atomic mass is 16.1. The van der Waals surface area contributed by atoms with Crippen LogP contribution < -0.4 is 27.4 Å². The van der Waals surface area contributed by atoms with Gasteiger partial charge in [-0.25, -0.2) is 0 Å². The van der Waals surface area contributed by atoms with Crippen molar-refractivity contribution in [3.8, 4) is 0 Å². The predicted octanol–water partition coefficient (Wildman–Crippen LogP) is 0.964. The van der Waals surface area contributed by atoms with Gasteiger partial charge >= 0.3 is 0 Å². The molecule has 1 amide bonds. The van der Waals surface area contributed by atoms with Gasteiger partial charge in [0, 0.05) is 17.9 Å². The average Bonchev–Trinajstić information content (AvgIpc) is 2.51. The van der Waals surface area contributed by atoms with Crippen LogP contribution in [-0.4, -0.2) is 33.9 Å². The van der Waals surface area contributed by atoms with E-state index < -0.39 is 0 Å². The third kappa shape index (κ3) is 5.59. The molecule has 0 bridgehead atoms. The molecule has 0 spiro atoms. The summed E-state index contributed by atoms with van der Waals surface area (Å²) in [6.45, 7) is 4.99. The molecule has 2 aromatic rings. The first-order chi connectivity index (χ1) is 11.4. The third-order valence-corrected chi connectivity index (χ3v) is 2.97. The largest absolute Gasteiger partial charge is 0.376 e. The predicted molar refractivity (Wildman–Crippen MR) is 94.7 cm³/mol. The number of aromatic nitrogens is 3. The first-order valence-electron chi connectivity index (χ1n) is 7.57. The Labute approximate surface area is 140 Å². The summed E-state index contributed by atoms with van der Waals surface area (Å²) in [6.07, 6.45) is 0. The summed E-state index contributed by atoms with van der Waals surface area (Å²) in [4.78, 5) is 23.2. The van der Waals surface area contributed by atoms with E-state index in [1.165, 1.54) is 0 Å². The summed E-state index contributed by atoms with van der Waals surface area (Å²) in [6, 6.07) is 7.33. The van der Waals surface area contributed by atoms with Crippen molar-refractivity contribution in [2.45, 2.75) is 13.8 Å². The SMILES string of the molecule is CC(C)CNC(=O)CNc1ccc(Nc2nc(N)nc(N)n2)cc1. The van der Waals surface area contributed by atoms with E-state index in [0.717, 1.165) is 11.4 Å². The second-order valence-electron chi connectivity index (χ2n) is 5.63. The standard InChI is InChI=1S/C15H22N8O/c1-9(2)7-19-12(24)8-18-10-3-5-11(6-4-10)20-15-22-13(16)21-14(17)23-15/h3-6,9,18H,7-8H2,1-2H3,(H,19,24)(H5,16,17,20,21,22,23). The number of hydrogen-bond acceptors (Lipinski definition) is 8. The number of amides is 1. The molecule has 0 saturated carbocycles. The maximum absolute atomic E-state index is 11.7. The van der Waals surface area contributed by atoms with Gasteiger partial charge in [0.1, 0.15) is 0 Å². The smallest absolute Gasteiger partial charge is 0.239 e. The molecule has 0 aliphatic carbocycles. The monoisotopic (exact) mass is 330 g/mol. The van der Waals surface area contributed by atoms with Crippen molar-refractivity contribution in [3.05, 3.63) is 24.3 Å². The number of benzene rings is 1. The second-order valence-corrected chi connectivity index (χ2v) is 5.63. The van der Waals surface area contributed by atoms with Crippen molar-refractivity contribution in [3.63, 3.8) is 0 Å². The molecule has 0 fully saturated rings. The normalized spacial score (nSPS) is 10.5. The number of nitrogens with one attached hydrogen (secondary N) is 3. The Balaban J connectivity index is 1.87. The Morgan fingerprint density at radius 1 is 1.04 bits per heavy atom. The molecule has 1 aromatic carbocycles. The number of carbonyl (C=O) groups excluding carboxylic acids is 1. The molecule has 7 N–H and O–H groups in total. The van der Waals surface area contributed by atoms with Crippen LogP contribution in [0.25, 0.3) is 0 Å². The lowest BCUT2D eigenvalue weighted by Crippen LogP contribution is -2.32. The topological polar surface area (TPSA) is 144 Å². The molecule has 2 rings (SSSR count). The zero-order chi connectivity index (χ0) is 17.5. The van der Waals surface area contributed by atoms with E-state index in [2.05, 4.69) is 30.9 Å². The molecule has 1 heterocycles. The molecule has 0 aliphatic rings. The number of nitrogens with two attached hydrogens (primary N) is 2. The third-order valence-electron chi connectivity index (χ3n) is 2.97. The van der Waals surface area contributed by atoms with E-state index in [4.69, 9.17) is 11.5 Å². The Kier molecular flexibility index (Phi) is 5.72. The summed E-state index contributed by atoms with van der Waals surface area (Å²) in [5.41, 5.74) is 12.6. The van der Waals surface area contributed by atoms with Crippen molar-refractivity contribution in [1.29, 1.82) is 0 Å². The van der Waals surface area contributed by atoms with Crippen LogP contribution in [0, 0.1) is 5.92 Å². The molecule has 1 aromatic heterocycles. The fourth-order valence-electron chi connectivity index (χ4n) is 1.83. The van der Waals surface area contributed by atoms with E-state index in [1.807, 2.05) is 38.1 Å². The molecule has 9 nitrogen and oxygen atoms in total. The average molecular weight is 330 g/mol. The van der Waals surface area contributed by atoms with Crippen LogP contribution in [0.5, 0.6) is 0 Å². The summed E-state index contributed by atoms with van der Waals surface area (Å²) >= 11 is 0. The number of carbonyl (C=O) groups is 1. The van der Waals surface area contributed by atoms with Crippen LogP contribution in [0.15, 0.2) is 24.3 Å². The lowest BCUT2D eigenvalue weighted by molar-refractivity contribution is -0.119.